The third-order valence-corrected chi connectivity index (χ3v) is 4.81. The van der Waals surface area contributed by atoms with E-state index in [1.54, 1.807) is 24.3 Å². The number of carbonyl (C=O) groups is 2. The van der Waals surface area contributed by atoms with E-state index in [1.165, 1.54) is 0 Å². The van der Waals surface area contributed by atoms with Crippen LogP contribution in [0.5, 0.6) is 0 Å². The molecule has 1 aliphatic rings. The highest BCUT2D eigenvalue weighted by molar-refractivity contribution is 5.96. The second-order valence-corrected chi connectivity index (χ2v) is 7.02. The first kappa shape index (κ1) is 19.1. The summed E-state index contributed by atoms with van der Waals surface area (Å²) >= 11 is 0. The van der Waals surface area contributed by atoms with Crippen LogP contribution in [-0.4, -0.2) is 18.4 Å². The van der Waals surface area contributed by atoms with E-state index in [0.717, 1.165) is 23.2 Å². The Bertz CT molecular complexity index is 784. The van der Waals surface area contributed by atoms with Crippen LogP contribution in [0.3, 0.4) is 0 Å². The zero-order valence-electron chi connectivity index (χ0n) is 15.8. The van der Waals surface area contributed by atoms with Crippen LogP contribution in [0.4, 0.5) is 5.69 Å². The second kappa shape index (κ2) is 8.82. The minimum Gasteiger partial charge on any atom is -0.377 e. The van der Waals surface area contributed by atoms with Crippen LogP contribution >= 0.6 is 0 Å². The van der Waals surface area contributed by atoms with Crippen molar-refractivity contribution in [1.29, 1.82) is 0 Å². The van der Waals surface area contributed by atoms with E-state index < -0.39 is 0 Å². The Morgan fingerprint density at radius 1 is 1.04 bits per heavy atom. The van der Waals surface area contributed by atoms with Gasteiger partial charge in [-0.15, -0.1) is 0 Å². The monoisotopic (exact) mass is 366 g/mol. The first-order chi connectivity index (χ1) is 13.1. The van der Waals surface area contributed by atoms with Crippen molar-refractivity contribution in [3.63, 3.8) is 0 Å². The van der Waals surface area contributed by atoms with Crippen molar-refractivity contribution in [1.82, 2.24) is 5.32 Å². The highest BCUT2D eigenvalue weighted by Crippen LogP contribution is 2.38. The molecule has 3 rings (SSSR count). The number of hydrogen-bond acceptors (Lipinski definition) is 3. The minimum absolute atomic E-state index is 0.0625. The molecule has 1 fully saturated rings. The second-order valence-electron chi connectivity index (χ2n) is 7.02. The Morgan fingerprint density at radius 2 is 1.67 bits per heavy atom. The number of anilines is 1. The quantitative estimate of drug-likeness (QED) is 0.748. The first-order valence-corrected chi connectivity index (χ1v) is 9.41. The van der Waals surface area contributed by atoms with Gasteiger partial charge in [0.2, 0.25) is 5.91 Å². The maximum atomic E-state index is 12.3. The van der Waals surface area contributed by atoms with Gasteiger partial charge in [-0.2, -0.15) is 0 Å². The molecule has 0 aromatic heterocycles. The summed E-state index contributed by atoms with van der Waals surface area (Å²) < 4.78 is 5.37. The van der Waals surface area contributed by atoms with Gasteiger partial charge in [0.15, 0.2) is 0 Å². The van der Waals surface area contributed by atoms with Gasteiger partial charge < -0.3 is 15.4 Å². The number of nitrogens with one attached hydrogen (secondary N) is 2. The van der Waals surface area contributed by atoms with Gasteiger partial charge in [0.05, 0.1) is 6.61 Å². The van der Waals surface area contributed by atoms with Gasteiger partial charge in [-0.05, 0) is 54.7 Å². The van der Waals surface area contributed by atoms with Gasteiger partial charge in [0.1, 0.15) is 0 Å². The van der Waals surface area contributed by atoms with Crippen LogP contribution in [0.1, 0.15) is 41.8 Å². The molecule has 2 unspecified atom stereocenters. The smallest absolute Gasteiger partial charge is 0.251 e. The van der Waals surface area contributed by atoms with Crippen LogP contribution < -0.4 is 10.6 Å². The molecule has 5 heteroatoms. The summed E-state index contributed by atoms with van der Waals surface area (Å²) in [7, 11) is 0. The molecule has 0 bridgehead atoms. The maximum Gasteiger partial charge on any atom is 0.251 e. The lowest BCUT2D eigenvalue weighted by atomic mass is 10.1. The molecule has 2 atom stereocenters. The van der Waals surface area contributed by atoms with Crippen molar-refractivity contribution >= 4 is 17.5 Å². The molecule has 142 valence electrons. The number of hydrogen-bond donors (Lipinski definition) is 2. The topological polar surface area (TPSA) is 67.4 Å². The van der Waals surface area contributed by atoms with Gasteiger partial charge in [-0.3, -0.25) is 9.59 Å². The van der Waals surface area contributed by atoms with E-state index >= 15 is 0 Å². The summed E-state index contributed by atoms with van der Waals surface area (Å²) in [5.74, 6) is 0.533. The van der Waals surface area contributed by atoms with Crippen LogP contribution in [0.25, 0.3) is 0 Å². The molecule has 0 aliphatic heterocycles. The fourth-order valence-corrected chi connectivity index (χ4v) is 2.88. The molecule has 27 heavy (non-hydrogen) atoms. The average Bonchev–Trinajstić information content (AvgIpc) is 3.42. The standard InChI is InChI=1S/C22H26N2O3/c1-3-27-14-17-6-4-16(5-7-17)13-23-21(25)18-8-10-19(11-9-18)24-22(26)20-12-15(20)2/h4-11,15,20H,3,12-14H2,1-2H3,(H,23,25)(H,24,26). The summed E-state index contributed by atoms with van der Waals surface area (Å²) in [5.41, 5.74) is 3.44. The Kier molecular flexibility index (Phi) is 6.24. The van der Waals surface area contributed by atoms with E-state index in [0.29, 0.717) is 31.2 Å². The predicted molar refractivity (Wildman–Crippen MR) is 105 cm³/mol. The van der Waals surface area contributed by atoms with E-state index in [9.17, 15) is 9.59 Å². The highest BCUT2D eigenvalue weighted by Gasteiger charge is 2.39. The number of carbonyl (C=O) groups excluding carboxylic acids is 2. The SMILES string of the molecule is CCOCc1ccc(CNC(=O)c2ccc(NC(=O)C3CC3C)cc2)cc1. The molecule has 2 amide bonds. The molecular formula is C22H26N2O3. The van der Waals surface area contributed by atoms with Crippen LogP contribution in [0.2, 0.25) is 0 Å². The number of benzene rings is 2. The lowest BCUT2D eigenvalue weighted by Crippen LogP contribution is -2.22. The lowest BCUT2D eigenvalue weighted by molar-refractivity contribution is -0.117. The number of rotatable bonds is 8. The molecule has 1 aliphatic carbocycles. The fraction of sp³-hybridized carbons (Fsp3) is 0.364. The molecule has 0 heterocycles. The highest BCUT2D eigenvalue weighted by atomic mass is 16.5. The van der Waals surface area contributed by atoms with Crippen LogP contribution in [0.15, 0.2) is 48.5 Å². The summed E-state index contributed by atoms with van der Waals surface area (Å²) in [6, 6.07) is 15.0. The predicted octanol–water partition coefficient (Wildman–Crippen LogP) is 3.75. The molecule has 1 saturated carbocycles. The van der Waals surface area contributed by atoms with E-state index in [-0.39, 0.29) is 17.7 Å². The lowest BCUT2D eigenvalue weighted by Gasteiger charge is -2.08. The molecule has 2 aromatic carbocycles. The summed E-state index contributed by atoms with van der Waals surface area (Å²) in [6.45, 7) is 5.81. The van der Waals surface area contributed by atoms with Crippen LogP contribution in [0, 0.1) is 11.8 Å². The summed E-state index contributed by atoms with van der Waals surface area (Å²) in [4.78, 5) is 24.2. The van der Waals surface area contributed by atoms with Crippen molar-refractivity contribution in [3.05, 3.63) is 65.2 Å². The molecule has 0 saturated heterocycles. The zero-order chi connectivity index (χ0) is 19.2. The minimum atomic E-state index is -0.137. The van der Waals surface area contributed by atoms with Crippen molar-refractivity contribution in [2.45, 2.75) is 33.4 Å². The molecule has 2 aromatic rings. The summed E-state index contributed by atoms with van der Waals surface area (Å²) in [6.07, 6.45) is 0.957. The Hall–Kier alpha value is -2.66. The van der Waals surface area contributed by atoms with E-state index in [4.69, 9.17) is 4.74 Å². The van der Waals surface area contributed by atoms with Crippen molar-refractivity contribution in [2.24, 2.45) is 11.8 Å². The maximum absolute atomic E-state index is 12.3. The molecule has 2 N–H and O–H groups in total. The normalized spacial score (nSPS) is 18.0. The third kappa shape index (κ3) is 5.41. The van der Waals surface area contributed by atoms with Crippen molar-refractivity contribution in [2.75, 3.05) is 11.9 Å². The molecule has 5 nitrogen and oxygen atoms in total. The van der Waals surface area contributed by atoms with Crippen molar-refractivity contribution in [3.8, 4) is 0 Å². The molecular weight excluding hydrogens is 340 g/mol. The molecule has 0 radical (unpaired) electrons. The van der Waals surface area contributed by atoms with Crippen molar-refractivity contribution < 1.29 is 14.3 Å². The Balaban J connectivity index is 1.48. The largest absolute Gasteiger partial charge is 0.377 e. The third-order valence-electron chi connectivity index (χ3n) is 4.81. The van der Waals surface area contributed by atoms with Gasteiger partial charge >= 0.3 is 0 Å². The van der Waals surface area contributed by atoms with Gasteiger partial charge in [0, 0.05) is 30.3 Å². The van der Waals surface area contributed by atoms with Gasteiger partial charge in [0.25, 0.3) is 5.91 Å². The number of amides is 2. The Morgan fingerprint density at radius 3 is 2.26 bits per heavy atom. The Labute approximate surface area is 160 Å². The molecule has 0 spiro atoms. The first-order valence-electron chi connectivity index (χ1n) is 9.41. The zero-order valence-corrected chi connectivity index (χ0v) is 15.8. The average molecular weight is 366 g/mol. The summed E-state index contributed by atoms with van der Waals surface area (Å²) in [5, 5.41) is 5.81. The van der Waals surface area contributed by atoms with Gasteiger partial charge in [-0.25, -0.2) is 0 Å². The van der Waals surface area contributed by atoms with Gasteiger partial charge in [-0.1, -0.05) is 31.2 Å². The van der Waals surface area contributed by atoms with E-state index in [2.05, 4.69) is 17.6 Å². The van der Waals surface area contributed by atoms with E-state index in [1.807, 2.05) is 31.2 Å². The number of ether oxygens (including phenoxy) is 1. The fourth-order valence-electron chi connectivity index (χ4n) is 2.88. The van der Waals surface area contributed by atoms with Crippen LogP contribution in [-0.2, 0) is 22.7 Å².